The Hall–Kier alpha value is -2.68. The van der Waals surface area contributed by atoms with Crippen LogP contribution in [-0.4, -0.2) is 70.8 Å². The Bertz CT molecular complexity index is 1220. The van der Waals surface area contributed by atoms with Crippen LogP contribution in [0, 0.1) is 17.8 Å². The second-order valence-electron chi connectivity index (χ2n) is 11.7. The summed E-state index contributed by atoms with van der Waals surface area (Å²) in [6.07, 6.45) is 10.9. The van der Waals surface area contributed by atoms with Crippen molar-refractivity contribution in [1.29, 1.82) is 0 Å². The second kappa shape index (κ2) is 11.3. The Kier molecular flexibility index (Phi) is 8.15. The normalized spacial score (nSPS) is 33.8. The van der Waals surface area contributed by atoms with Crippen molar-refractivity contribution in [2.24, 2.45) is 17.8 Å². The molecule has 1 spiro atoms. The quantitative estimate of drug-likeness (QED) is 0.405. The number of amides is 2. The van der Waals surface area contributed by atoms with Crippen LogP contribution in [0.2, 0.25) is 5.02 Å². The van der Waals surface area contributed by atoms with Gasteiger partial charge >= 0.3 is 5.97 Å². The number of esters is 1. The molecular formula is C31H39ClN2O6. The molecule has 2 fully saturated rings. The highest BCUT2D eigenvalue weighted by Gasteiger charge is 2.76. The molecule has 8 nitrogen and oxygen atoms in total. The first-order valence-electron chi connectivity index (χ1n) is 14.4. The number of carbonyl (C=O) groups excluding carboxylic acids is 3. The molecule has 0 aromatic heterocycles. The van der Waals surface area contributed by atoms with E-state index in [-0.39, 0.29) is 37.5 Å². The number of cyclic esters (lactones) is 1. The summed E-state index contributed by atoms with van der Waals surface area (Å²) in [7, 11) is 0. The van der Waals surface area contributed by atoms with Crippen LogP contribution in [0.5, 0.6) is 0 Å². The molecule has 2 saturated heterocycles. The minimum atomic E-state index is -1.42. The lowest BCUT2D eigenvalue weighted by molar-refractivity contribution is -0.161. The number of ether oxygens (including phenoxy) is 2. The lowest BCUT2D eigenvalue weighted by Gasteiger charge is -2.41. The molecular weight excluding hydrogens is 532 g/mol. The van der Waals surface area contributed by atoms with Gasteiger partial charge in [0.1, 0.15) is 23.2 Å². The molecule has 0 radical (unpaired) electrons. The lowest BCUT2D eigenvalue weighted by atomic mass is 9.73. The first-order valence-corrected chi connectivity index (χ1v) is 14.8. The molecule has 0 bridgehead atoms. The van der Waals surface area contributed by atoms with E-state index in [0.29, 0.717) is 23.6 Å². The van der Waals surface area contributed by atoms with Gasteiger partial charge in [-0.1, -0.05) is 68.8 Å². The predicted octanol–water partition coefficient (Wildman–Crippen LogP) is 4.29. The molecule has 1 N–H and O–H groups in total. The smallest absolute Gasteiger partial charge is 0.313 e. The molecule has 4 aliphatic rings. The molecule has 1 aromatic carbocycles. The monoisotopic (exact) mass is 570 g/mol. The number of aliphatic hydroxyl groups is 1. The summed E-state index contributed by atoms with van der Waals surface area (Å²) in [6.45, 7) is 6.11. The fourth-order valence-corrected chi connectivity index (χ4v) is 7.32. The van der Waals surface area contributed by atoms with Gasteiger partial charge in [-0.15, -0.1) is 0 Å². The number of fused-ring (bicyclic) bond motifs is 2. The minimum Gasteiger partial charge on any atom is -0.465 e. The van der Waals surface area contributed by atoms with Gasteiger partial charge in [0.2, 0.25) is 5.91 Å². The van der Waals surface area contributed by atoms with E-state index >= 15 is 0 Å². The van der Waals surface area contributed by atoms with Crippen molar-refractivity contribution in [3.05, 3.63) is 53.6 Å². The van der Waals surface area contributed by atoms with Crippen LogP contribution in [0.15, 0.2) is 48.6 Å². The summed E-state index contributed by atoms with van der Waals surface area (Å²) in [6, 6.07) is 5.36. The van der Waals surface area contributed by atoms with E-state index in [1.165, 1.54) is 4.90 Å². The van der Waals surface area contributed by atoms with E-state index in [2.05, 4.69) is 0 Å². The Balaban J connectivity index is 1.70. The highest BCUT2D eigenvalue weighted by molar-refractivity contribution is 6.34. The average molecular weight is 571 g/mol. The van der Waals surface area contributed by atoms with Crippen molar-refractivity contribution in [2.45, 2.75) is 76.2 Å². The van der Waals surface area contributed by atoms with Crippen molar-refractivity contribution in [3.63, 3.8) is 0 Å². The van der Waals surface area contributed by atoms with Gasteiger partial charge in [-0.05, 0) is 50.2 Å². The van der Waals surface area contributed by atoms with E-state index < -0.39 is 41.1 Å². The van der Waals surface area contributed by atoms with E-state index in [1.54, 1.807) is 29.2 Å². The second-order valence-corrected chi connectivity index (χ2v) is 12.1. The maximum Gasteiger partial charge on any atom is 0.313 e. The maximum absolute atomic E-state index is 14.6. The zero-order valence-electron chi connectivity index (χ0n) is 23.4. The van der Waals surface area contributed by atoms with Crippen molar-refractivity contribution in [3.8, 4) is 0 Å². The third-order valence-corrected chi connectivity index (χ3v) is 9.13. The van der Waals surface area contributed by atoms with Gasteiger partial charge in [-0.2, -0.15) is 0 Å². The Labute approximate surface area is 240 Å². The first-order chi connectivity index (χ1) is 19.2. The number of aliphatic hydroxyl groups excluding tert-OH is 1. The summed E-state index contributed by atoms with van der Waals surface area (Å²) >= 11 is 6.54. The number of carbonyl (C=O) groups is 3. The number of hydrogen-bond acceptors (Lipinski definition) is 6. The molecule has 216 valence electrons. The number of benzene rings is 1. The van der Waals surface area contributed by atoms with Crippen molar-refractivity contribution >= 4 is 35.1 Å². The van der Waals surface area contributed by atoms with Crippen LogP contribution in [0.4, 0.5) is 5.69 Å². The molecule has 1 unspecified atom stereocenters. The molecule has 9 heteroatoms. The van der Waals surface area contributed by atoms with Gasteiger partial charge < -0.3 is 24.4 Å². The van der Waals surface area contributed by atoms with Crippen molar-refractivity contribution < 1.29 is 29.0 Å². The molecule has 40 heavy (non-hydrogen) atoms. The lowest BCUT2D eigenvalue weighted by Crippen LogP contribution is -2.59. The molecule has 2 amide bonds. The van der Waals surface area contributed by atoms with Crippen LogP contribution in [0.3, 0.4) is 0 Å². The molecule has 5 rings (SSSR count). The topological polar surface area (TPSA) is 96.4 Å². The van der Waals surface area contributed by atoms with E-state index in [4.69, 9.17) is 21.1 Å². The number of likely N-dealkylation sites (tertiary alicyclic amines) is 1. The van der Waals surface area contributed by atoms with Gasteiger partial charge in [-0.3, -0.25) is 14.4 Å². The van der Waals surface area contributed by atoms with Crippen LogP contribution in [0.25, 0.3) is 0 Å². The standard InChI is InChI=1S/C31H39ClN2O6/c1-4-30-14-9-5-6-10-17-39-29(38)25(30)24-27(36)34(21(19-35)18-20(2)3)26-28(37)33(16-11-15-31(24,26)40-30)23-13-8-7-12-22(23)32/h7-9,11-15,20-21,24-26,35H,4-6,10,16-19H2,1-3H3/b14-9-/t21-,24+,25+,26?,30-,31+/m1/s1. The summed E-state index contributed by atoms with van der Waals surface area (Å²) < 4.78 is 12.7. The molecule has 4 aliphatic heterocycles. The molecule has 0 saturated carbocycles. The number of nitrogens with zero attached hydrogens (tertiary/aromatic N) is 2. The van der Waals surface area contributed by atoms with Crippen molar-refractivity contribution in [1.82, 2.24) is 4.90 Å². The van der Waals surface area contributed by atoms with Crippen molar-refractivity contribution in [2.75, 3.05) is 24.7 Å². The number of halogens is 1. The maximum atomic E-state index is 14.6. The Morgan fingerprint density at radius 2 is 1.85 bits per heavy atom. The number of hydrogen-bond donors (Lipinski definition) is 1. The molecule has 4 heterocycles. The number of allylic oxidation sites excluding steroid dienone is 1. The Morgan fingerprint density at radius 1 is 1.07 bits per heavy atom. The van der Waals surface area contributed by atoms with Gasteiger partial charge in [0.15, 0.2) is 0 Å². The van der Waals surface area contributed by atoms with E-state index in [9.17, 15) is 19.5 Å². The summed E-state index contributed by atoms with van der Waals surface area (Å²) in [5.41, 5.74) is -2.01. The minimum absolute atomic E-state index is 0.148. The Morgan fingerprint density at radius 3 is 2.55 bits per heavy atom. The fraction of sp³-hybridized carbons (Fsp3) is 0.581. The van der Waals surface area contributed by atoms with Crippen LogP contribution < -0.4 is 4.90 Å². The predicted molar refractivity (Wildman–Crippen MR) is 152 cm³/mol. The van der Waals surface area contributed by atoms with Crippen LogP contribution in [0.1, 0.15) is 52.9 Å². The summed E-state index contributed by atoms with van der Waals surface area (Å²) in [4.78, 5) is 46.1. The number of para-hydroxylation sites is 1. The van der Waals surface area contributed by atoms with Gasteiger partial charge in [0.25, 0.3) is 5.91 Å². The van der Waals surface area contributed by atoms with Crippen LogP contribution in [-0.2, 0) is 23.9 Å². The largest absolute Gasteiger partial charge is 0.465 e. The highest BCUT2D eigenvalue weighted by atomic mass is 35.5. The molecule has 6 atom stereocenters. The van der Waals surface area contributed by atoms with E-state index in [1.807, 2.05) is 45.1 Å². The van der Waals surface area contributed by atoms with Gasteiger partial charge in [0, 0.05) is 6.54 Å². The zero-order valence-corrected chi connectivity index (χ0v) is 24.2. The first kappa shape index (κ1) is 28.8. The fourth-order valence-electron chi connectivity index (χ4n) is 7.08. The number of anilines is 1. The molecule has 0 aliphatic carbocycles. The van der Waals surface area contributed by atoms with Crippen LogP contribution >= 0.6 is 11.6 Å². The summed E-state index contributed by atoms with van der Waals surface area (Å²) in [5.74, 6) is -2.98. The van der Waals surface area contributed by atoms with E-state index in [0.717, 1.165) is 19.3 Å². The third-order valence-electron chi connectivity index (χ3n) is 8.81. The summed E-state index contributed by atoms with van der Waals surface area (Å²) in [5, 5.41) is 10.9. The number of rotatable bonds is 6. The third kappa shape index (κ3) is 4.58. The molecule has 1 aromatic rings. The SMILES string of the molecule is CC[C@@]12/C=C\CCCCOC(=O)[C@@H]1[C@H]1C(=O)N([C@@H](CO)CC(C)C)C3C(=O)N(c4ccccc4Cl)CC=C[C@@]31O2. The highest BCUT2D eigenvalue weighted by Crippen LogP contribution is 2.59. The van der Waals surface area contributed by atoms with Gasteiger partial charge in [0.05, 0.1) is 35.9 Å². The van der Waals surface area contributed by atoms with Gasteiger partial charge in [-0.25, -0.2) is 0 Å². The zero-order chi connectivity index (χ0) is 28.7. The average Bonchev–Trinajstić information content (AvgIpc) is 3.29.